The molecule has 2 atom stereocenters. The molecule has 0 aromatic carbocycles. The molecule has 1 saturated heterocycles. The Labute approximate surface area is 86.7 Å². The Balaban J connectivity index is 2.02. The molecule has 0 aliphatic carbocycles. The summed E-state index contributed by atoms with van der Waals surface area (Å²) in [5, 5.41) is 0. The van der Waals surface area contributed by atoms with Crippen LogP contribution in [-0.4, -0.2) is 32.2 Å². The zero-order valence-electron chi connectivity index (χ0n) is 9.33. The molecule has 1 aliphatic rings. The van der Waals surface area contributed by atoms with Crippen LogP contribution < -0.4 is 0 Å². The molecule has 14 heavy (non-hydrogen) atoms. The lowest BCUT2D eigenvalue weighted by molar-refractivity contribution is -0.145. The van der Waals surface area contributed by atoms with Crippen molar-refractivity contribution < 1.29 is 14.2 Å². The summed E-state index contributed by atoms with van der Waals surface area (Å²) in [4.78, 5) is 0. The first-order valence-electron chi connectivity index (χ1n) is 5.71. The van der Waals surface area contributed by atoms with E-state index in [0.717, 1.165) is 19.6 Å². The van der Waals surface area contributed by atoms with Crippen LogP contribution >= 0.6 is 0 Å². The minimum Gasteiger partial charge on any atom is -0.371 e. The molecule has 2 unspecified atom stereocenters. The van der Waals surface area contributed by atoms with Gasteiger partial charge in [0, 0.05) is 6.61 Å². The van der Waals surface area contributed by atoms with Crippen LogP contribution in [0.1, 0.15) is 39.5 Å². The average Bonchev–Trinajstić information content (AvgIpc) is 2.98. The Kier molecular flexibility index (Phi) is 6.15. The van der Waals surface area contributed by atoms with E-state index >= 15 is 0 Å². The first-order valence-corrected chi connectivity index (χ1v) is 5.71. The molecule has 0 N–H and O–H groups in total. The van der Waals surface area contributed by atoms with Gasteiger partial charge in [-0.2, -0.15) is 0 Å². The molecule has 1 fully saturated rings. The van der Waals surface area contributed by atoms with Gasteiger partial charge in [-0.05, 0) is 19.8 Å². The number of rotatable bonds is 9. The molecule has 0 saturated carbocycles. The first-order chi connectivity index (χ1) is 6.86. The fourth-order valence-corrected chi connectivity index (χ4v) is 1.34. The van der Waals surface area contributed by atoms with E-state index in [-0.39, 0.29) is 6.29 Å². The highest BCUT2D eigenvalue weighted by Crippen LogP contribution is 2.13. The third kappa shape index (κ3) is 5.58. The van der Waals surface area contributed by atoms with Gasteiger partial charge in [0.05, 0.1) is 13.2 Å². The molecular formula is C11H22O3. The Hall–Kier alpha value is -0.120. The highest BCUT2D eigenvalue weighted by molar-refractivity contribution is 4.67. The highest BCUT2D eigenvalue weighted by Gasteiger charge is 2.24. The maximum Gasteiger partial charge on any atom is 0.157 e. The third-order valence-corrected chi connectivity index (χ3v) is 2.27. The van der Waals surface area contributed by atoms with Crippen LogP contribution in [-0.2, 0) is 14.2 Å². The third-order valence-electron chi connectivity index (χ3n) is 2.27. The summed E-state index contributed by atoms with van der Waals surface area (Å²) in [7, 11) is 0. The SMILES string of the molecule is CCCCCC(OCC)OCC1CO1. The lowest BCUT2D eigenvalue weighted by Crippen LogP contribution is -2.19. The van der Waals surface area contributed by atoms with Crippen molar-refractivity contribution in [1.29, 1.82) is 0 Å². The highest BCUT2D eigenvalue weighted by atomic mass is 16.7. The van der Waals surface area contributed by atoms with Crippen molar-refractivity contribution >= 4 is 0 Å². The molecule has 3 heteroatoms. The van der Waals surface area contributed by atoms with Crippen LogP contribution in [0.25, 0.3) is 0 Å². The van der Waals surface area contributed by atoms with E-state index in [4.69, 9.17) is 14.2 Å². The number of hydrogen-bond donors (Lipinski definition) is 0. The summed E-state index contributed by atoms with van der Waals surface area (Å²) >= 11 is 0. The van der Waals surface area contributed by atoms with Crippen LogP contribution in [0.5, 0.6) is 0 Å². The van der Waals surface area contributed by atoms with Crippen molar-refractivity contribution in [3.63, 3.8) is 0 Å². The second kappa shape index (κ2) is 7.21. The lowest BCUT2D eigenvalue weighted by atomic mass is 10.2. The van der Waals surface area contributed by atoms with Crippen molar-refractivity contribution in [2.24, 2.45) is 0 Å². The van der Waals surface area contributed by atoms with E-state index < -0.39 is 0 Å². The van der Waals surface area contributed by atoms with Gasteiger partial charge in [0.15, 0.2) is 6.29 Å². The number of unbranched alkanes of at least 4 members (excludes halogenated alkanes) is 2. The van der Waals surface area contributed by atoms with E-state index in [9.17, 15) is 0 Å². The van der Waals surface area contributed by atoms with Crippen molar-refractivity contribution in [2.75, 3.05) is 19.8 Å². The molecular weight excluding hydrogens is 180 g/mol. The van der Waals surface area contributed by atoms with Crippen LogP contribution in [0.15, 0.2) is 0 Å². The molecule has 0 amide bonds. The summed E-state index contributed by atoms with van der Waals surface area (Å²) in [6, 6.07) is 0. The zero-order chi connectivity index (χ0) is 10.2. The molecule has 0 radical (unpaired) electrons. The summed E-state index contributed by atoms with van der Waals surface area (Å²) in [6.45, 7) is 6.48. The van der Waals surface area contributed by atoms with E-state index in [1.54, 1.807) is 0 Å². The van der Waals surface area contributed by atoms with Crippen molar-refractivity contribution in [3.05, 3.63) is 0 Å². The maximum atomic E-state index is 5.61. The van der Waals surface area contributed by atoms with Crippen LogP contribution in [0.2, 0.25) is 0 Å². The standard InChI is InChI=1S/C11H22O3/c1-3-5-6-7-11(12-4-2)14-9-10-8-13-10/h10-11H,3-9H2,1-2H3. The maximum absolute atomic E-state index is 5.61. The van der Waals surface area contributed by atoms with Crippen molar-refractivity contribution in [3.8, 4) is 0 Å². The van der Waals surface area contributed by atoms with Gasteiger partial charge < -0.3 is 14.2 Å². The van der Waals surface area contributed by atoms with Gasteiger partial charge in [-0.15, -0.1) is 0 Å². The molecule has 3 nitrogen and oxygen atoms in total. The molecule has 1 rings (SSSR count). The number of ether oxygens (including phenoxy) is 3. The largest absolute Gasteiger partial charge is 0.371 e. The second-order valence-corrected chi connectivity index (χ2v) is 3.67. The molecule has 0 bridgehead atoms. The van der Waals surface area contributed by atoms with E-state index in [1.165, 1.54) is 19.3 Å². The molecule has 84 valence electrons. The van der Waals surface area contributed by atoms with Crippen LogP contribution in [0.4, 0.5) is 0 Å². The minimum absolute atomic E-state index is 0.0178. The van der Waals surface area contributed by atoms with E-state index in [1.807, 2.05) is 6.92 Å². The number of epoxide rings is 1. The summed E-state index contributed by atoms with van der Waals surface area (Å²) in [5.74, 6) is 0. The lowest BCUT2D eigenvalue weighted by Gasteiger charge is -2.16. The Morgan fingerprint density at radius 1 is 1.29 bits per heavy atom. The average molecular weight is 202 g/mol. The Morgan fingerprint density at radius 3 is 2.64 bits per heavy atom. The monoisotopic (exact) mass is 202 g/mol. The molecule has 0 aromatic heterocycles. The van der Waals surface area contributed by atoms with Crippen LogP contribution in [0.3, 0.4) is 0 Å². The minimum atomic E-state index is -0.0178. The van der Waals surface area contributed by atoms with Crippen molar-refractivity contribution in [1.82, 2.24) is 0 Å². The van der Waals surface area contributed by atoms with Gasteiger partial charge in [-0.1, -0.05) is 19.8 Å². The fourth-order valence-electron chi connectivity index (χ4n) is 1.34. The summed E-state index contributed by atoms with van der Waals surface area (Å²) < 4.78 is 16.2. The quantitative estimate of drug-likeness (QED) is 0.327. The van der Waals surface area contributed by atoms with E-state index in [0.29, 0.717) is 12.7 Å². The van der Waals surface area contributed by atoms with Gasteiger partial charge in [-0.25, -0.2) is 0 Å². The fraction of sp³-hybridized carbons (Fsp3) is 1.00. The first kappa shape index (κ1) is 12.0. The Bertz CT molecular complexity index is 134. The molecule has 1 aliphatic heterocycles. The Morgan fingerprint density at radius 2 is 2.07 bits per heavy atom. The van der Waals surface area contributed by atoms with Gasteiger partial charge in [-0.3, -0.25) is 0 Å². The molecule has 1 heterocycles. The smallest absolute Gasteiger partial charge is 0.157 e. The van der Waals surface area contributed by atoms with Gasteiger partial charge in [0.1, 0.15) is 6.10 Å². The predicted molar refractivity (Wildman–Crippen MR) is 55.2 cm³/mol. The topological polar surface area (TPSA) is 31.0 Å². The van der Waals surface area contributed by atoms with Crippen molar-refractivity contribution in [2.45, 2.75) is 51.9 Å². The molecule has 0 aromatic rings. The predicted octanol–water partition coefficient (Wildman–Crippen LogP) is 2.34. The van der Waals surface area contributed by atoms with Gasteiger partial charge in [0.2, 0.25) is 0 Å². The number of hydrogen-bond acceptors (Lipinski definition) is 3. The van der Waals surface area contributed by atoms with Gasteiger partial charge >= 0.3 is 0 Å². The van der Waals surface area contributed by atoms with Crippen LogP contribution in [0, 0.1) is 0 Å². The zero-order valence-corrected chi connectivity index (χ0v) is 9.33. The normalized spacial score (nSPS) is 22.3. The summed E-state index contributed by atoms with van der Waals surface area (Å²) in [5.41, 5.74) is 0. The second-order valence-electron chi connectivity index (χ2n) is 3.67. The molecule has 0 spiro atoms. The summed E-state index contributed by atoms with van der Waals surface area (Å²) in [6.07, 6.45) is 5.01. The van der Waals surface area contributed by atoms with Gasteiger partial charge in [0.25, 0.3) is 0 Å². The van der Waals surface area contributed by atoms with E-state index in [2.05, 4.69) is 6.92 Å².